The highest BCUT2D eigenvalue weighted by atomic mass is 16.6. The minimum Gasteiger partial charge on any atom is -0.457 e. The largest absolute Gasteiger partial charge is 0.457 e. The summed E-state index contributed by atoms with van der Waals surface area (Å²) in [6.45, 7) is 5.23. The summed E-state index contributed by atoms with van der Waals surface area (Å²) < 4.78 is 11.2. The summed E-state index contributed by atoms with van der Waals surface area (Å²) in [6.07, 6.45) is 60.0. The number of unbranched alkanes of at least 4 members (excludes halogenated alkanes) is 23. The normalized spacial score (nSPS) is 12.9. The van der Waals surface area contributed by atoms with Crippen molar-refractivity contribution in [2.24, 2.45) is 0 Å². The molecular weight excluding hydrogens is 641 g/mol. The van der Waals surface area contributed by atoms with Crippen LogP contribution in [0.25, 0.3) is 0 Å². The number of allylic oxidation sites excluding steroid dienone is 10. The zero-order valence-corrected chi connectivity index (χ0v) is 34.6. The molecule has 0 fully saturated rings. The van der Waals surface area contributed by atoms with Crippen LogP contribution in [0.4, 0.5) is 0 Å². The van der Waals surface area contributed by atoms with Crippen molar-refractivity contribution in [2.45, 2.75) is 219 Å². The Bertz CT molecular complexity index is 854. The third kappa shape index (κ3) is 42.5. The summed E-state index contributed by atoms with van der Waals surface area (Å²) in [7, 11) is 0. The minimum absolute atomic E-state index is 0.177. The molecule has 0 radical (unpaired) electrons. The summed E-state index contributed by atoms with van der Waals surface area (Å²) in [4.78, 5) is 12.2. The minimum atomic E-state index is -0.541. The maximum atomic E-state index is 12.2. The van der Waals surface area contributed by atoms with E-state index < -0.39 is 6.10 Å². The molecule has 0 aliphatic carbocycles. The van der Waals surface area contributed by atoms with Crippen molar-refractivity contribution in [3.8, 4) is 0 Å². The first-order chi connectivity index (χ1) is 25.7. The molecule has 1 atom stereocenters. The average Bonchev–Trinajstić information content (AvgIpc) is 3.15. The number of hydrogen-bond acceptors (Lipinski definition) is 4. The van der Waals surface area contributed by atoms with E-state index in [1.165, 1.54) is 148 Å². The van der Waals surface area contributed by atoms with Crippen LogP contribution in [-0.4, -0.2) is 37.0 Å². The maximum Gasteiger partial charge on any atom is 0.306 e. The van der Waals surface area contributed by atoms with Crippen LogP contribution in [-0.2, 0) is 14.3 Å². The molecule has 0 aliphatic heterocycles. The number of ether oxygens (including phenoxy) is 2. The fraction of sp³-hybridized carbons (Fsp3) is 0.771. The van der Waals surface area contributed by atoms with E-state index >= 15 is 0 Å². The molecule has 302 valence electrons. The standard InChI is InChI=1S/C48H86O4/c1-3-5-7-9-11-13-15-17-19-21-22-23-24-25-26-27-29-31-33-35-37-39-41-43-48(50)52-47(45-49)46-51-44-42-40-38-36-34-32-30-28-20-18-16-14-12-10-8-6-4-2/h5,7,11,13,17,19-20,22-23,28,47,49H,3-4,6,8-10,12,14-16,18,21,24-27,29-46H2,1-2H3/b7-5-,13-11-,19-17-,23-22-,28-20-. The van der Waals surface area contributed by atoms with Gasteiger partial charge in [0.1, 0.15) is 6.10 Å². The topological polar surface area (TPSA) is 55.8 Å². The summed E-state index contributed by atoms with van der Waals surface area (Å²) in [6, 6.07) is 0. The molecule has 0 rings (SSSR count). The van der Waals surface area contributed by atoms with Gasteiger partial charge in [0.25, 0.3) is 0 Å². The van der Waals surface area contributed by atoms with Crippen LogP contribution < -0.4 is 0 Å². The molecule has 0 saturated carbocycles. The highest BCUT2D eigenvalue weighted by molar-refractivity contribution is 5.69. The molecule has 0 saturated heterocycles. The molecule has 0 spiro atoms. The van der Waals surface area contributed by atoms with Gasteiger partial charge in [0.15, 0.2) is 0 Å². The fourth-order valence-electron chi connectivity index (χ4n) is 6.26. The van der Waals surface area contributed by atoms with Crippen molar-refractivity contribution in [1.29, 1.82) is 0 Å². The van der Waals surface area contributed by atoms with E-state index in [2.05, 4.69) is 74.6 Å². The lowest BCUT2D eigenvalue weighted by molar-refractivity contribution is -0.154. The van der Waals surface area contributed by atoms with Gasteiger partial charge in [-0.3, -0.25) is 4.79 Å². The molecule has 1 unspecified atom stereocenters. The van der Waals surface area contributed by atoms with Gasteiger partial charge in [-0.1, -0.05) is 190 Å². The molecule has 52 heavy (non-hydrogen) atoms. The number of aliphatic hydroxyl groups excluding tert-OH is 1. The Morgan fingerprint density at radius 1 is 0.481 bits per heavy atom. The molecule has 1 N–H and O–H groups in total. The van der Waals surface area contributed by atoms with Crippen molar-refractivity contribution in [3.63, 3.8) is 0 Å². The second-order valence-corrected chi connectivity index (χ2v) is 14.7. The van der Waals surface area contributed by atoms with Crippen LogP contribution in [0.15, 0.2) is 60.8 Å². The number of carbonyl (C=O) groups is 1. The number of carbonyl (C=O) groups excluding carboxylic acids is 1. The van der Waals surface area contributed by atoms with Crippen LogP contribution in [0.3, 0.4) is 0 Å². The van der Waals surface area contributed by atoms with E-state index in [9.17, 15) is 9.90 Å². The van der Waals surface area contributed by atoms with Gasteiger partial charge >= 0.3 is 5.97 Å². The predicted octanol–water partition coefficient (Wildman–Crippen LogP) is 14.8. The zero-order chi connectivity index (χ0) is 37.7. The first-order valence-electron chi connectivity index (χ1n) is 22.4. The first kappa shape index (κ1) is 50.1. The van der Waals surface area contributed by atoms with E-state index in [-0.39, 0.29) is 19.2 Å². The molecule has 0 aliphatic rings. The SMILES string of the molecule is CC/C=C\C/C=C\C/C=C\C/C=C\CCCCCCCCCCCCC(=O)OC(CO)COCCCCCCCC/C=C\CCCCCCCCC. The molecule has 0 aromatic heterocycles. The lowest BCUT2D eigenvalue weighted by atomic mass is 10.0. The molecule has 0 bridgehead atoms. The van der Waals surface area contributed by atoms with Gasteiger partial charge in [0.2, 0.25) is 0 Å². The molecular formula is C48H86O4. The van der Waals surface area contributed by atoms with Gasteiger partial charge in [0, 0.05) is 13.0 Å². The van der Waals surface area contributed by atoms with E-state index in [1.54, 1.807) is 0 Å². The van der Waals surface area contributed by atoms with Crippen molar-refractivity contribution in [3.05, 3.63) is 60.8 Å². The molecule has 4 nitrogen and oxygen atoms in total. The molecule has 0 aromatic rings. The molecule has 4 heteroatoms. The number of hydrogen-bond donors (Lipinski definition) is 1. The van der Waals surface area contributed by atoms with Crippen LogP contribution >= 0.6 is 0 Å². The van der Waals surface area contributed by atoms with Gasteiger partial charge < -0.3 is 14.6 Å². The molecule has 0 heterocycles. The van der Waals surface area contributed by atoms with Gasteiger partial charge in [0.05, 0.1) is 13.2 Å². The lowest BCUT2D eigenvalue weighted by Gasteiger charge is -2.15. The quantitative estimate of drug-likeness (QED) is 0.0387. The molecule has 0 amide bonds. The van der Waals surface area contributed by atoms with Crippen molar-refractivity contribution in [1.82, 2.24) is 0 Å². The molecule has 0 aromatic carbocycles. The average molecular weight is 727 g/mol. The summed E-state index contributed by atoms with van der Waals surface area (Å²) in [5.74, 6) is -0.208. The summed E-state index contributed by atoms with van der Waals surface area (Å²) in [5.41, 5.74) is 0. The fourth-order valence-corrected chi connectivity index (χ4v) is 6.26. The first-order valence-corrected chi connectivity index (χ1v) is 22.4. The van der Waals surface area contributed by atoms with Crippen LogP contribution in [0, 0.1) is 0 Å². The Hall–Kier alpha value is -1.91. The van der Waals surface area contributed by atoms with Crippen LogP contribution in [0.2, 0.25) is 0 Å². The van der Waals surface area contributed by atoms with E-state index in [0.717, 1.165) is 44.9 Å². The van der Waals surface area contributed by atoms with Gasteiger partial charge in [-0.2, -0.15) is 0 Å². The monoisotopic (exact) mass is 727 g/mol. The van der Waals surface area contributed by atoms with Gasteiger partial charge in [-0.25, -0.2) is 0 Å². The Balaban J connectivity index is 3.45. The predicted molar refractivity (Wildman–Crippen MR) is 228 cm³/mol. The highest BCUT2D eigenvalue weighted by Crippen LogP contribution is 2.14. The van der Waals surface area contributed by atoms with E-state index in [1.807, 2.05) is 0 Å². The Kier molecular flexibility index (Phi) is 43.6. The summed E-state index contributed by atoms with van der Waals surface area (Å²) in [5, 5.41) is 9.61. The summed E-state index contributed by atoms with van der Waals surface area (Å²) >= 11 is 0. The highest BCUT2D eigenvalue weighted by Gasteiger charge is 2.13. The van der Waals surface area contributed by atoms with Crippen molar-refractivity contribution < 1.29 is 19.4 Å². The maximum absolute atomic E-state index is 12.2. The van der Waals surface area contributed by atoms with Gasteiger partial charge in [-0.15, -0.1) is 0 Å². The second-order valence-electron chi connectivity index (χ2n) is 14.7. The van der Waals surface area contributed by atoms with Crippen molar-refractivity contribution in [2.75, 3.05) is 19.8 Å². The van der Waals surface area contributed by atoms with Crippen molar-refractivity contribution >= 4 is 5.97 Å². The van der Waals surface area contributed by atoms with E-state index in [0.29, 0.717) is 13.0 Å². The lowest BCUT2D eigenvalue weighted by Crippen LogP contribution is -2.27. The van der Waals surface area contributed by atoms with E-state index in [4.69, 9.17) is 9.47 Å². The third-order valence-electron chi connectivity index (χ3n) is 9.58. The number of aliphatic hydroxyl groups is 1. The smallest absolute Gasteiger partial charge is 0.306 e. The van der Waals surface area contributed by atoms with Gasteiger partial charge in [-0.05, 0) is 77.0 Å². The Morgan fingerprint density at radius 2 is 0.865 bits per heavy atom. The second kappa shape index (κ2) is 45.2. The number of esters is 1. The Labute approximate surface area is 324 Å². The van der Waals surface area contributed by atoms with Crippen LogP contribution in [0.5, 0.6) is 0 Å². The number of rotatable bonds is 41. The Morgan fingerprint density at radius 3 is 1.33 bits per heavy atom. The third-order valence-corrected chi connectivity index (χ3v) is 9.58. The zero-order valence-electron chi connectivity index (χ0n) is 34.6. The van der Waals surface area contributed by atoms with Crippen LogP contribution in [0.1, 0.15) is 213 Å².